The molecule has 0 radical (unpaired) electrons. The summed E-state index contributed by atoms with van der Waals surface area (Å²) < 4.78 is 5.31. The van der Waals surface area contributed by atoms with Crippen molar-refractivity contribution in [3.63, 3.8) is 0 Å². The van der Waals surface area contributed by atoms with Gasteiger partial charge in [0, 0.05) is 6.08 Å². The smallest absolute Gasteiger partial charge is 0.331 e. The summed E-state index contributed by atoms with van der Waals surface area (Å²) >= 11 is 0. The Morgan fingerprint density at radius 3 is 2.56 bits per heavy atom. The number of carbonyl (C=O) groups is 1. The number of rotatable bonds is 3. The first-order valence-corrected chi connectivity index (χ1v) is 5.78. The van der Waals surface area contributed by atoms with Gasteiger partial charge in [-0.3, -0.25) is 0 Å². The van der Waals surface area contributed by atoms with Crippen LogP contribution in [0, 0.1) is 0 Å². The average Bonchev–Trinajstić information content (AvgIpc) is 2.81. The fraction of sp³-hybridized carbons (Fsp3) is 0.357. The van der Waals surface area contributed by atoms with Crippen molar-refractivity contribution in [3.8, 4) is 0 Å². The summed E-state index contributed by atoms with van der Waals surface area (Å²) in [5, 5.41) is 0. The van der Waals surface area contributed by atoms with Gasteiger partial charge in [0.15, 0.2) is 0 Å². The van der Waals surface area contributed by atoms with Crippen molar-refractivity contribution in [2.24, 2.45) is 0 Å². The van der Waals surface area contributed by atoms with Gasteiger partial charge in [-0.25, -0.2) is 4.79 Å². The summed E-state index contributed by atoms with van der Waals surface area (Å²) in [6.45, 7) is 0. The van der Waals surface area contributed by atoms with Crippen LogP contribution in [-0.4, -0.2) is 12.1 Å². The molecule has 0 bridgehead atoms. The van der Waals surface area contributed by atoms with E-state index < -0.39 is 0 Å². The van der Waals surface area contributed by atoms with E-state index in [1.54, 1.807) is 6.08 Å². The Hall–Kier alpha value is -1.57. The second-order valence-corrected chi connectivity index (χ2v) is 4.09. The lowest BCUT2D eigenvalue weighted by molar-refractivity contribution is -0.142. The van der Waals surface area contributed by atoms with Crippen molar-refractivity contribution in [2.45, 2.75) is 31.8 Å². The predicted octanol–water partition coefficient (Wildman–Crippen LogP) is 3.19. The normalized spacial score (nSPS) is 16.8. The summed E-state index contributed by atoms with van der Waals surface area (Å²) in [5.41, 5.74) is 1.02. The average molecular weight is 216 g/mol. The third kappa shape index (κ3) is 3.23. The largest absolute Gasteiger partial charge is 0.459 e. The van der Waals surface area contributed by atoms with Gasteiger partial charge in [-0.1, -0.05) is 30.3 Å². The molecule has 0 N–H and O–H groups in total. The van der Waals surface area contributed by atoms with E-state index in [9.17, 15) is 4.79 Å². The minimum Gasteiger partial charge on any atom is -0.459 e. The number of benzene rings is 1. The van der Waals surface area contributed by atoms with Crippen molar-refractivity contribution in [2.75, 3.05) is 0 Å². The maximum Gasteiger partial charge on any atom is 0.331 e. The standard InChI is InChI=1S/C14H16O2/c15-14(16-13-8-4-5-9-13)11-10-12-6-2-1-3-7-12/h1-3,6-7,10-11,13H,4-5,8-9H2/b11-10-. The zero-order chi connectivity index (χ0) is 11.2. The zero-order valence-corrected chi connectivity index (χ0v) is 9.26. The van der Waals surface area contributed by atoms with Gasteiger partial charge >= 0.3 is 5.97 Å². The van der Waals surface area contributed by atoms with Gasteiger partial charge in [-0.2, -0.15) is 0 Å². The number of hydrogen-bond acceptors (Lipinski definition) is 2. The molecule has 16 heavy (non-hydrogen) atoms. The lowest BCUT2D eigenvalue weighted by Gasteiger charge is -2.08. The lowest BCUT2D eigenvalue weighted by atomic mass is 10.2. The third-order valence-electron chi connectivity index (χ3n) is 2.80. The summed E-state index contributed by atoms with van der Waals surface area (Å²) in [4.78, 5) is 11.5. The van der Waals surface area contributed by atoms with Crippen molar-refractivity contribution in [1.29, 1.82) is 0 Å². The summed E-state index contributed by atoms with van der Waals surface area (Å²) in [5.74, 6) is -0.226. The molecule has 1 aliphatic rings. The Morgan fingerprint density at radius 2 is 1.88 bits per heavy atom. The number of esters is 1. The molecular weight excluding hydrogens is 200 g/mol. The summed E-state index contributed by atoms with van der Waals surface area (Å²) in [7, 11) is 0. The molecule has 0 aliphatic heterocycles. The lowest BCUT2D eigenvalue weighted by Crippen LogP contribution is -2.12. The molecule has 0 atom stereocenters. The molecule has 2 heteroatoms. The molecule has 2 rings (SSSR count). The first-order chi connectivity index (χ1) is 7.84. The van der Waals surface area contributed by atoms with Crippen LogP contribution in [0.4, 0.5) is 0 Å². The molecule has 1 fully saturated rings. The number of ether oxygens (including phenoxy) is 1. The fourth-order valence-electron chi connectivity index (χ4n) is 1.94. The van der Waals surface area contributed by atoms with E-state index in [2.05, 4.69) is 0 Å². The van der Waals surface area contributed by atoms with E-state index in [-0.39, 0.29) is 12.1 Å². The van der Waals surface area contributed by atoms with Crippen LogP contribution in [0.2, 0.25) is 0 Å². The van der Waals surface area contributed by atoms with E-state index in [0.29, 0.717) is 0 Å². The highest BCUT2D eigenvalue weighted by molar-refractivity contribution is 5.87. The topological polar surface area (TPSA) is 26.3 Å². The predicted molar refractivity (Wildman–Crippen MR) is 63.8 cm³/mol. The first-order valence-electron chi connectivity index (χ1n) is 5.78. The van der Waals surface area contributed by atoms with Gasteiger partial charge < -0.3 is 4.74 Å². The first kappa shape index (κ1) is 10.9. The van der Waals surface area contributed by atoms with Crippen LogP contribution >= 0.6 is 0 Å². The van der Waals surface area contributed by atoms with Gasteiger partial charge in [0.05, 0.1) is 0 Å². The van der Waals surface area contributed by atoms with Crippen LogP contribution in [0.1, 0.15) is 31.2 Å². The Kier molecular flexibility index (Phi) is 3.76. The van der Waals surface area contributed by atoms with Crippen LogP contribution < -0.4 is 0 Å². The molecule has 1 aliphatic carbocycles. The Morgan fingerprint density at radius 1 is 1.19 bits per heavy atom. The SMILES string of the molecule is O=C(/C=C\c1ccccc1)OC1CCCC1. The van der Waals surface area contributed by atoms with Crippen molar-refractivity contribution in [3.05, 3.63) is 42.0 Å². The highest BCUT2D eigenvalue weighted by atomic mass is 16.5. The van der Waals surface area contributed by atoms with Crippen molar-refractivity contribution < 1.29 is 9.53 Å². The Labute approximate surface area is 95.9 Å². The van der Waals surface area contributed by atoms with E-state index >= 15 is 0 Å². The molecule has 0 saturated heterocycles. The van der Waals surface area contributed by atoms with Crippen molar-refractivity contribution >= 4 is 12.0 Å². The minimum absolute atomic E-state index is 0.146. The molecule has 0 heterocycles. The van der Waals surface area contributed by atoms with Crippen LogP contribution in [-0.2, 0) is 9.53 Å². The molecule has 1 aromatic rings. The van der Waals surface area contributed by atoms with Gasteiger partial charge in [-0.05, 0) is 37.3 Å². The van der Waals surface area contributed by atoms with Gasteiger partial charge in [0.1, 0.15) is 6.10 Å². The highest BCUT2D eigenvalue weighted by Gasteiger charge is 2.17. The molecule has 84 valence electrons. The highest BCUT2D eigenvalue weighted by Crippen LogP contribution is 2.21. The summed E-state index contributed by atoms with van der Waals surface area (Å²) in [6.07, 6.45) is 7.84. The molecular formula is C14H16O2. The molecule has 0 amide bonds. The summed E-state index contributed by atoms with van der Waals surface area (Å²) in [6, 6.07) is 9.76. The van der Waals surface area contributed by atoms with Crippen LogP contribution in [0.15, 0.2) is 36.4 Å². The number of carbonyl (C=O) groups excluding carboxylic acids is 1. The Balaban J connectivity index is 1.84. The van der Waals surface area contributed by atoms with E-state index in [1.165, 1.54) is 18.9 Å². The second-order valence-electron chi connectivity index (χ2n) is 4.09. The second kappa shape index (κ2) is 5.50. The molecule has 1 aromatic carbocycles. The third-order valence-corrected chi connectivity index (χ3v) is 2.80. The van der Waals surface area contributed by atoms with Gasteiger partial charge in [0.25, 0.3) is 0 Å². The van der Waals surface area contributed by atoms with E-state index in [1.807, 2.05) is 30.3 Å². The molecule has 2 nitrogen and oxygen atoms in total. The molecule has 0 unspecified atom stereocenters. The maximum atomic E-state index is 11.5. The van der Waals surface area contributed by atoms with Gasteiger partial charge in [-0.15, -0.1) is 0 Å². The van der Waals surface area contributed by atoms with Crippen LogP contribution in [0.25, 0.3) is 6.08 Å². The maximum absolute atomic E-state index is 11.5. The molecule has 0 spiro atoms. The van der Waals surface area contributed by atoms with E-state index in [0.717, 1.165) is 18.4 Å². The van der Waals surface area contributed by atoms with Gasteiger partial charge in [0.2, 0.25) is 0 Å². The fourth-order valence-corrected chi connectivity index (χ4v) is 1.94. The Bertz CT molecular complexity index is 362. The van der Waals surface area contributed by atoms with Crippen LogP contribution in [0.3, 0.4) is 0 Å². The quantitative estimate of drug-likeness (QED) is 0.573. The monoisotopic (exact) mass is 216 g/mol. The minimum atomic E-state index is -0.226. The number of hydrogen-bond donors (Lipinski definition) is 0. The van der Waals surface area contributed by atoms with E-state index in [4.69, 9.17) is 4.74 Å². The molecule has 1 saturated carbocycles. The van der Waals surface area contributed by atoms with Crippen LogP contribution in [0.5, 0.6) is 0 Å². The zero-order valence-electron chi connectivity index (χ0n) is 9.26. The molecule has 0 aromatic heterocycles. The van der Waals surface area contributed by atoms with Crippen molar-refractivity contribution in [1.82, 2.24) is 0 Å².